The van der Waals surface area contributed by atoms with Crippen LogP contribution in [-0.4, -0.2) is 59.7 Å². The van der Waals surface area contributed by atoms with Gasteiger partial charge in [-0.25, -0.2) is 0 Å². The number of carbonyl (C=O) groups is 1. The van der Waals surface area contributed by atoms with Gasteiger partial charge in [-0.15, -0.1) is 0 Å². The monoisotopic (exact) mass is 391 g/mol. The van der Waals surface area contributed by atoms with Crippen LogP contribution in [0.15, 0.2) is 18.2 Å². The molecule has 0 bridgehead atoms. The Labute approximate surface area is 169 Å². The van der Waals surface area contributed by atoms with Gasteiger partial charge in [0.05, 0.1) is 0 Å². The summed E-state index contributed by atoms with van der Waals surface area (Å²) in [5, 5.41) is 4.19. The number of amides is 1. The van der Waals surface area contributed by atoms with Crippen molar-refractivity contribution in [1.29, 1.82) is 0 Å². The van der Waals surface area contributed by atoms with Crippen molar-refractivity contribution in [3.63, 3.8) is 0 Å². The second-order valence-electron chi connectivity index (χ2n) is 7.29. The molecule has 0 aromatic heterocycles. The van der Waals surface area contributed by atoms with Crippen molar-refractivity contribution in [1.82, 2.24) is 9.80 Å². The normalized spacial score (nSPS) is 14.9. The Kier molecular flexibility index (Phi) is 8.51. The highest BCUT2D eigenvalue weighted by molar-refractivity contribution is 7.80. The highest BCUT2D eigenvalue weighted by Gasteiger charge is 2.27. The van der Waals surface area contributed by atoms with Crippen LogP contribution >= 0.6 is 12.2 Å². The SMILES string of the molecule is CCOCCCN(C(=S)Nc1cc(C)cc(C)c1)C1CCN(C(C)=O)CC1. The van der Waals surface area contributed by atoms with E-state index in [1.54, 1.807) is 6.92 Å². The molecule has 1 fully saturated rings. The Hall–Kier alpha value is -1.66. The minimum absolute atomic E-state index is 0.160. The fourth-order valence-corrected chi connectivity index (χ4v) is 4.02. The Balaban J connectivity index is 2.04. The maximum atomic E-state index is 11.6. The van der Waals surface area contributed by atoms with Crippen LogP contribution in [0.25, 0.3) is 0 Å². The van der Waals surface area contributed by atoms with Gasteiger partial charge in [0, 0.05) is 51.5 Å². The number of benzene rings is 1. The van der Waals surface area contributed by atoms with Crippen LogP contribution in [0.2, 0.25) is 0 Å². The second-order valence-corrected chi connectivity index (χ2v) is 7.67. The van der Waals surface area contributed by atoms with E-state index >= 15 is 0 Å². The molecule has 0 radical (unpaired) electrons. The minimum Gasteiger partial charge on any atom is -0.382 e. The number of anilines is 1. The van der Waals surface area contributed by atoms with Gasteiger partial charge >= 0.3 is 0 Å². The number of nitrogens with zero attached hydrogens (tertiary/aromatic N) is 2. The zero-order chi connectivity index (χ0) is 19.8. The van der Waals surface area contributed by atoms with Gasteiger partial charge in [0.25, 0.3) is 0 Å². The molecule has 2 rings (SSSR count). The molecular formula is C21H33N3O2S. The van der Waals surface area contributed by atoms with Gasteiger partial charge in [-0.2, -0.15) is 0 Å². The van der Waals surface area contributed by atoms with E-state index in [1.807, 2.05) is 11.8 Å². The molecule has 0 atom stereocenters. The smallest absolute Gasteiger partial charge is 0.219 e. The first-order chi connectivity index (χ1) is 12.9. The van der Waals surface area contributed by atoms with Crippen LogP contribution in [0.1, 0.15) is 44.2 Å². The maximum absolute atomic E-state index is 11.6. The lowest BCUT2D eigenvalue weighted by Crippen LogP contribution is -2.50. The molecule has 1 N–H and O–H groups in total. The largest absolute Gasteiger partial charge is 0.382 e. The summed E-state index contributed by atoms with van der Waals surface area (Å²) in [5.74, 6) is 0.160. The van der Waals surface area contributed by atoms with Crippen molar-refractivity contribution >= 4 is 28.9 Å². The van der Waals surface area contributed by atoms with E-state index in [1.165, 1.54) is 11.1 Å². The molecule has 1 amide bonds. The Morgan fingerprint density at radius 3 is 2.44 bits per heavy atom. The van der Waals surface area contributed by atoms with Crippen molar-refractivity contribution in [2.75, 3.05) is 38.2 Å². The second kappa shape index (κ2) is 10.6. The van der Waals surface area contributed by atoms with Crippen LogP contribution in [0.4, 0.5) is 5.69 Å². The molecule has 1 aromatic rings. The van der Waals surface area contributed by atoms with E-state index in [4.69, 9.17) is 17.0 Å². The lowest BCUT2D eigenvalue weighted by atomic mass is 10.0. The van der Waals surface area contributed by atoms with Crippen molar-refractivity contribution in [3.05, 3.63) is 29.3 Å². The first kappa shape index (κ1) is 21.6. The number of thiocarbonyl (C=S) groups is 1. The summed E-state index contributed by atoms with van der Waals surface area (Å²) in [6, 6.07) is 6.76. The first-order valence-corrected chi connectivity index (χ1v) is 10.3. The van der Waals surface area contributed by atoms with Crippen molar-refractivity contribution < 1.29 is 9.53 Å². The predicted molar refractivity (Wildman–Crippen MR) is 115 cm³/mol. The van der Waals surface area contributed by atoms with Gasteiger partial charge in [-0.3, -0.25) is 4.79 Å². The van der Waals surface area contributed by atoms with Crippen molar-refractivity contribution in [3.8, 4) is 0 Å². The Morgan fingerprint density at radius 1 is 1.26 bits per heavy atom. The van der Waals surface area contributed by atoms with Crippen molar-refractivity contribution in [2.45, 2.75) is 53.0 Å². The summed E-state index contributed by atoms with van der Waals surface area (Å²) < 4.78 is 5.51. The van der Waals surface area contributed by atoms with Crippen molar-refractivity contribution in [2.24, 2.45) is 0 Å². The molecule has 27 heavy (non-hydrogen) atoms. The number of piperidine rings is 1. The van der Waals surface area contributed by atoms with Gasteiger partial charge in [0.15, 0.2) is 5.11 Å². The average Bonchev–Trinajstić information content (AvgIpc) is 2.61. The summed E-state index contributed by atoms with van der Waals surface area (Å²) in [5.41, 5.74) is 3.48. The topological polar surface area (TPSA) is 44.8 Å². The number of ether oxygens (including phenoxy) is 1. The fraction of sp³-hybridized carbons (Fsp3) is 0.619. The van der Waals surface area contributed by atoms with Crippen LogP contribution in [0, 0.1) is 13.8 Å². The third kappa shape index (κ3) is 6.78. The van der Waals surface area contributed by atoms with Crippen LogP contribution in [0.5, 0.6) is 0 Å². The number of likely N-dealkylation sites (tertiary alicyclic amines) is 1. The lowest BCUT2D eigenvalue weighted by Gasteiger charge is -2.39. The summed E-state index contributed by atoms with van der Waals surface area (Å²) in [6.45, 7) is 11.8. The molecule has 0 unspecified atom stereocenters. The number of nitrogens with one attached hydrogen (secondary N) is 1. The third-order valence-electron chi connectivity index (χ3n) is 4.98. The molecule has 0 spiro atoms. The minimum atomic E-state index is 0.160. The zero-order valence-electron chi connectivity index (χ0n) is 17.1. The van der Waals surface area contributed by atoms with E-state index in [0.717, 1.165) is 62.9 Å². The Morgan fingerprint density at radius 2 is 1.89 bits per heavy atom. The number of aryl methyl sites for hydroxylation is 2. The van der Waals surface area contributed by atoms with Gasteiger partial charge in [-0.05, 0) is 75.5 Å². The van der Waals surface area contributed by atoms with Crippen LogP contribution in [-0.2, 0) is 9.53 Å². The predicted octanol–water partition coefficient (Wildman–Crippen LogP) is 3.74. The average molecular weight is 392 g/mol. The summed E-state index contributed by atoms with van der Waals surface area (Å²) in [7, 11) is 0. The third-order valence-corrected chi connectivity index (χ3v) is 5.31. The summed E-state index contributed by atoms with van der Waals surface area (Å²) in [6.07, 6.45) is 2.83. The standard InChI is InChI=1S/C21H33N3O2S/c1-5-26-12-6-9-24(20-7-10-23(11-8-20)18(4)25)21(27)22-19-14-16(2)13-17(3)15-19/h13-15,20H,5-12H2,1-4H3,(H,22,27). The van der Waals surface area contributed by atoms with Gasteiger partial charge in [0.2, 0.25) is 5.91 Å². The molecule has 0 saturated carbocycles. The highest BCUT2D eigenvalue weighted by atomic mass is 32.1. The molecular weight excluding hydrogens is 358 g/mol. The molecule has 1 aliphatic heterocycles. The van der Waals surface area contributed by atoms with Crippen LogP contribution in [0.3, 0.4) is 0 Å². The quantitative estimate of drug-likeness (QED) is 0.567. The van der Waals surface area contributed by atoms with Gasteiger partial charge in [0.1, 0.15) is 0 Å². The molecule has 0 aliphatic carbocycles. The molecule has 6 heteroatoms. The van der Waals surface area contributed by atoms with Crippen LogP contribution < -0.4 is 5.32 Å². The number of rotatable bonds is 7. The molecule has 1 saturated heterocycles. The Bertz CT molecular complexity index is 622. The van der Waals surface area contributed by atoms with Gasteiger partial charge in [-0.1, -0.05) is 6.07 Å². The lowest BCUT2D eigenvalue weighted by molar-refractivity contribution is -0.130. The highest BCUT2D eigenvalue weighted by Crippen LogP contribution is 2.20. The molecule has 150 valence electrons. The number of hydrogen-bond acceptors (Lipinski definition) is 3. The molecule has 1 heterocycles. The van der Waals surface area contributed by atoms with E-state index in [0.29, 0.717) is 6.04 Å². The van der Waals surface area contributed by atoms with E-state index < -0.39 is 0 Å². The molecule has 1 aromatic carbocycles. The maximum Gasteiger partial charge on any atom is 0.219 e. The first-order valence-electron chi connectivity index (χ1n) is 9.90. The van der Waals surface area contributed by atoms with E-state index in [2.05, 4.69) is 42.3 Å². The molecule has 1 aliphatic rings. The van der Waals surface area contributed by atoms with Gasteiger partial charge < -0.3 is 19.9 Å². The summed E-state index contributed by atoms with van der Waals surface area (Å²) in [4.78, 5) is 15.8. The fourth-order valence-electron chi connectivity index (χ4n) is 3.67. The zero-order valence-corrected chi connectivity index (χ0v) is 17.9. The van der Waals surface area contributed by atoms with E-state index in [-0.39, 0.29) is 5.91 Å². The molecule has 5 nitrogen and oxygen atoms in total. The number of hydrogen-bond donors (Lipinski definition) is 1. The summed E-state index contributed by atoms with van der Waals surface area (Å²) >= 11 is 5.78. The number of carbonyl (C=O) groups excluding carboxylic acids is 1. The van der Waals surface area contributed by atoms with E-state index in [9.17, 15) is 4.79 Å².